The van der Waals surface area contributed by atoms with Gasteiger partial charge in [-0.2, -0.15) is 0 Å². The van der Waals surface area contributed by atoms with Crippen LogP contribution in [0.5, 0.6) is 0 Å². The summed E-state index contributed by atoms with van der Waals surface area (Å²) in [5.74, 6) is 1.63. The Hall–Kier alpha value is -0.570. The lowest BCUT2D eigenvalue weighted by atomic mass is 9.83. The van der Waals surface area contributed by atoms with Crippen LogP contribution >= 0.6 is 0 Å². The van der Waals surface area contributed by atoms with Gasteiger partial charge in [-0.15, -0.1) is 0 Å². The van der Waals surface area contributed by atoms with Crippen molar-refractivity contribution in [2.75, 3.05) is 0 Å². The number of carbonyl (C=O) groups is 1. The van der Waals surface area contributed by atoms with E-state index in [0.29, 0.717) is 17.9 Å². The molecule has 2 aliphatic rings. The predicted molar refractivity (Wildman–Crippen MR) is 83.3 cm³/mol. The molecule has 0 radical (unpaired) electrons. The van der Waals surface area contributed by atoms with Crippen molar-refractivity contribution in [1.82, 2.24) is 10.2 Å². The van der Waals surface area contributed by atoms with Gasteiger partial charge in [0.1, 0.15) is 0 Å². The van der Waals surface area contributed by atoms with Gasteiger partial charge >= 0.3 is 0 Å². The number of amides is 1. The SMILES string of the molecule is CCC1CCCC(N2C(=O)C(C(C)CC)NC2CC)C1. The Bertz CT molecular complexity index is 331. The van der Waals surface area contributed by atoms with E-state index < -0.39 is 0 Å². The summed E-state index contributed by atoms with van der Waals surface area (Å²) in [5, 5.41) is 3.60. The second-order valence-corrected chi connectivity index (χ2v) is 6.79. The smallest absolute Gasteiger partial charge is 0.241 e. The van der Waals surface area contributed by atoms with Crippen molar-refractivity contribution < 1.29 is 4.79 Å². The second-order valence-electron chi connectivity index (χ2n) is 6.79. The van der Waals surface area contributed by atoms with Crippen molar-refractivity contribution in [2.24, 2.45) is 11.8 Å². The molecule has 3 heteroatoms. The van der Waals surface area contributed by atoms with E-state index in [1.807, 2.05) is 0 Å². The van der Waals surface area contributed by atoms with Crippen LogP contribution in [0.1, 0.15) is 72.6 Å². The first-order chi connectivity index (χ1) is 9.62. The first kappa shape index (κ1) is 15.8. The van der Waals surface area contributed by atoms with Gasteiger partial charge in [0.2, 0.25) is 5.91 Å². The van der Waals surface area contributed by atoms with Gasteiger partial charge in [0.25, 0.3) is 0 Å². The molecule has 1 saturated carbocycles. The lowest BCUT2D eigenvalue weighted by molar-refractivity contribution is -0.134. The van der Waals surface area contributed by atoms with Gasteiger partial charge in [-0.1, -0.05) is 53.4 Å². The molecule has 1 N–H and O–H groups in total. The van der Waals surface area contributed by atoms with E-state index in [-0.39, 0.29) is 12.2 Å². The van der Waals surface area contributed by atoms with Crippen molar-refractivity contribution in [3.05, 3.63) is 0 Å². The molecule has 1 aliphatic carbocycles. The molecule has 2 rings (SSSR count). The quantitative estimate of drug-likeness (QED) is 0.835. The van der Waals surface area contributed by atoms with Crippen LogP contribution in [0.25, 0.3) is 0 Å². The predicted octanol–water partition coefficient (Wildman–Crippen LogP) is 3.54. The number of carbonyl (C=O) groups excluding carboxylic acids is 1. The van der Waals surface area contributed by atoms with Gasteiger partial charge in [-0.25, -0.2) is 0 Å². The average Bonchev–Trinajstić information content (AvgIpc) is 2.83. The zero-order valence-corrected chi connectivity index (χ0v) is 13.7. The van der Waals surface area contributed by atoms with Crippen molar-refractivity contribution in [2.45, 2.75) is 90.9 Å². The van der Waals surface area contributed by atoms with Gasteiger partial charge in [-0.05, 0) is 31.1 Å². The summed E-state index contributed by atoms with van der Waals surface area (Å²) in [6.45, 7) is 8.85. The monoisotopic (exact) mass is 280 g/mol. The van der Waals surface area contributed by atoms with Crippen molar-refractivity contribution in [3.8, 4) is 0 Å². The molecule has 1 amide bonds. The maximum atomic E-state index is 12.8. The van der Waals surface area contributed by atoms with Crippen LogP contribution in [0.15, 0.2) is 0 Å². The van der Waals surface area contributed by atoms with E-state index in [0.717, 1.165) is 18.8 Å². The summed E-state index contributed by atoms with van der Waals surface area (Å²) in [5.41, 5.74) is 0. The molecule has 116 valence electrons. The minimum Gasteiger partial charge on any atom is -0.323 e. The summed E-state index contributed by atoms with van der Waals surface area (Å²) >= 11 is 0. The average molecular weight is 280 g/mol. The Morgan fingerprint density at radius 3 is 2.60 bits per heavy atom. The highest BCUT2D eigenvalue weighted by molar-refractivity contribution is 5.85. The molecule has 0 aromatic heterocycles. The highest BCUT2D eigenvalue weighted by atomic mass is 16.2. The van der Waals surface area contributed by atoms with E-state index in [1.165, 1.54) is 32.1 Å². The third kappa shape index (κ3) is 3.03. The molecule has 0 aromatic carbocycles. The van der Waals surface area contributed by atoms with Crippen LogP contribution in [0.4, 0.5) is 0 Å². The highest BCUT2D eigenvalue weighted by Crippen LogP contribution is 2.33. The Morgan fingerprint density at radius 2 is 2.00 bits per heavy atom. The lowest BCUT2D eigenvalue weighted by Crippen LogP contribution is -2.46. The summed E-state index contributed by atoms with van der Waals surface area (Å²) in [7, 11) is 0. The molecule has 20 heavy (non-hydrogen) atoms. The fraction of sp³-hybridized carbons (Fsp3) is 0.941. The third-order valence-electron chi connectivity index (χ3n) is 5.55. The van der Waals surface area contributed by atoms with Crippen LogP contribution < -0.4 is 5.32 Å². The summed E-state index contributed by atoms with van der Waals surface area (Å²) in [6.07, 6.45) is 8.67. The van der Waals surface area contributed by atoms with Gasteiger partial charge < -0.3 is 4.90 Å². The van der Waals surface area contributed by atoms with E-state index in [4.69, 9.17) is 0 Å². The maximum absolute atomic E-state index is 12.8. The van der Waals surface area contributed by atoms with Gasteiger partial charge in [-0.3, -0.25) is 10.1 Å². The van der Waals surface area contributed by atoms with Crippen LogP contribution in [-0.2, 0) is 4.79 Å². The first-order valence-electron chi connectivity index (χ1n) is 8.70. The zero-order chi connectivity index (χ0) is 14.7. The van der Waals surface area contributed by atoms with Crippen molar-refractivity contribution in [1.29, 1.82) is 0 Å². The molecule has 1 heterocycles. The normalized spacial score (nSPS) is 36.4. The molecule has 5 atom stereocenters. The largest absolute Gasteiger partial charge is 0.323 e. The molecule has 1 saturated heterocycles. The molecular formula is C17H32N2O. The maximum Gasteiger partial charge on any atom is 0.241 e. The summed E-state index contributed by atoms with van der Waals surface area (Å²) < 4.78 is 0. The number of hydrogen-bond donors (Lipinski definition) is 1. The fourth-order valence-corrected chi connectivity index (χ4v) is 3.95. The van der Waals surface area contributed by atoms with Crippen molar-refractivity contribution >= 4 is 5.91 Å². The topological polar surface area (TPSA) is 32.3 Å². The molecular weight excluding hydrogens is 248 g/mol. The van der Waals surface area contributed by atoms with Crippen LogP contribution in [0.3, 0.4) is 0 Å². The Labute approximate surface area is 124 Å². The molecule has 0 bridgehead atoms. The number of hydrogen-bond acceptors (Lipinski definition) is 2. The molecule has 3 nitrogen and oxygen atoms in total. The molecule has 0 spiro atoms. The van der Waals surface area contributed by atoms with Gasteiger partial charge in [0.15, 0.2) is 0 Å². The van der Waals surface area contributed by atoms with E-state index in [2.05, 4.69) is 37.9 Å². The van der Waals surface area contributed by atoms with E-state index in [1.54, 1.807) is 0 Å². The zero-order valence-electron chi connectivity index (χ0n) is 13.7. The minimum atomic E-state index is 0.0481. The van der Waals surface area contributed by atoms with Gasteiger partial charge in [0, 0.05) is 6.04 Å². The number of nitrogens with zero attached hydrogens (tertiary/aromatic N) is 1. The standard InChI is InChI=1S/C17H32N2O/c1-5-12(4)16-17(20)19(15(7-3)18-16)14-10-8-9-13(6-2)11-14/h12-16,18H,5-11H2,1-4H3. The van der Waals surface area contributed by atoms with E-state index in [9.17, 15) is 4.79 Å². The molecule has 0 aromatic rings. The number of rotatable bonds is 5. The Morgan fingerprint density at radius 1 is 1.25 bits per heavy atom. The minimum absolute atomic E-state index is 0.0481. The molecule has 5 unspecified atom stereocenters. The van der Waals surface area contributed by atoms with Crippen LogP contribution in [0.2, 0.25) is 0 Å². The first-order valence-corrected chi connectivity index (χ1v) is 8.70. The third-order valence-corrected chi connectivity index (χ3v) is 5.55. The lowest BCUT2D eigenvalue weighted by Gasteiger charge is -2.38. The summed E-state index contributed by atoms with van der Waals surface area (Å²) in [6, 6.07) is 0.527. The van der Waals surface area contributed by atoms with Crippen LogP contribution in [0, 0.1) is 11.8 Å². The molecule has 2 fully saturated rings. The second kappa shape index (κ2) is 6.93. The van der Waals surface area contributed by atoms with Gasteiger partial charge in [0.05, 0.1) is 12.2 Å². The molecule has 1 aliphatic heterocycles. The Kier molecular flexibility index (Phi) is 5.48. The van der Waals surface area contributed by atoms with E-state index >= 15 is 0 Å². The highest BCUT2D eigenvalue weighted by Gasteiger charge is 2.44. The Balaban J connectivity index is 2.10. The van der Waals surface area contributed by atoms with Crippen LogP contribution in [-0.4, -0.2) is 29.1 Å². The fourth-order valence-electron chi connectivity index (χ4n) is 3.95. The summed E-state index contributed by atoms with van der Waals surface area (Å²) in [4.78, 5) is 15.1. The number of nitrogens with one attached hydrogen (secondary N) is 1. The van der Waals surface area contributed by atoms with Crippen molar-refractivity contribution in [3.63, 3.8) is 0 Å².